The van der Waals surface area contributed by atoms with E-state index in [1.165, 1.54) is 0 Å². The summed E-state index contributed by atoms with van der Waals surface area (Å²) in [5.74, 6) is 0.713. The van der Waals surface area contributed by atoms with Crippen molar-refractivity contribution < 1.29 is 10.2 Å². The van der Waals surface area contributed by atoms with Gasteiger partial charge in [-0.3, -0.25) is 4.98 Å². The second-order valence-electron chi connectivity index (χ2n) is 5.21. The van der Waals surface area contributed by atoms with Crippen molar-refractivity contribution in [2.45, 2.75) is 46.5 Å². The summed E-state index contributed by atoms with van der Waals surface area (Å²) in [7, 11) is 0. The third-order valence-corrected chi connectivity index (χ3v) is 3.00. The molecule has 2 N–H and O–H groups in total. The standard InChI is InChI=1S/C15H23NO2/c1-9(2)13-8-12(11(5)6-7-17)15(18)14(16-13)10(3)4/h6,8-10,17-18H,7H2,1-5H3. The minimum atomic E-state index is -0.0262. The van der Waals surface area contributed by atoms with E-state index < -0.39 is 0 Å². The van der Waals surface area contributed by atoms with Crippen LogP contribution in [0.15, 0.2) is 12.1 Å². The third kappa shape index (κ3) is 3.10. The molecule has 0 aliphatic carbocycles. The van der Waals surface area contributed by atoms with Gasteiger partial charge in [-0.05, 0) is 30.4 Å². The van der Waals surface area contributed by atoms with E-state index >= 15 is 0 Å². The molecule has 3 heteroatoms. The third-order valence-electron chi connectivity index (χ3n) is 3.00. The Morgan fingerprint density at radius 2 is 1.89 bits per heavy atom. The lowest BCUT2D eigenvalue weighted by molar-refractivity contribution is 0.343. The minimum Gasteiger partial charge on any atom is -0.505 e. The molecule has 0 fully saturated rings. The molecule has 0 aliphatic rings. The zero-order chi connectivity index (χ0) is 13.9. The molecule has 1 aromatic heterocycles. The number of aromatic hydroxyl groups is 1. The lowest BCUT2D eigenvalue weighted by Crippen LogP contribution is -2.03. The average Bonchev–Trinajstić information content (AvgIpc) is 2.28. The first-order chi connectivity index (χ1) is 8.38. The fraction of sp³-hybridized carbons (Fsp3) is 0.533. The Balaban J connectivity index is 3.45. The molecule has 0 aliphatic heterocycles. The number of aliphatic hydroxyl groups is 1. The highest BCUT2D eigenvalue weighted by atomic mass is 16.3. The van der Waals surface area contributed by atoms with Gasteiger partial charge in [0.05, 0.1) is 12.3 Å². The first-order valence-electron chi connectivity index (χ1n) is 6.40. The molecule has 0 saturated carbocycles. The van der Waals surface area contributed by atoms with Crippen LogP contribution in [-0.2, 0) is 0 Å². The number of nitrogens with zero attached hydrogens (tertiary/aromatic N) is 1. The molecule has 0 radical (unpaired) electrons. The van der Waals surface area contributed by atoms with Crippen molar-refractivity contribution in [3.05, 3.63) is 29.1 Å². The normalized spacial score (nSPS) is 12.6. The van der Waals surface area contributed by atoms with E-state index in [2.05, 4.69) is 18.8 Å². The Bertz CT molecular complexity index is 448. The number of pyridine rings is 1. The zero-order valence-electron chi connectivity index (χ0n) is 11.9. The Kier molecular flexibility index (Phi) is 4.91. The van der Waals surface area contributed by atoms with E-state index in [1.807, 2.05) is 26.8 Å². The first-order valence-corrected chi connectivity index (χ1v) is 6.40. The molecule has 0 aromatic carbocycles. The number of aliphatic hydroxyl groups excluding tert-OH is 1. The van der Waals surface area contributed by atoms with Gasteiger partial charge in [-0.1, -0.05) is 33.8 Å². The molecule has 1 heterocycles. The maximum absolute atomic E-state index is 10.3. The van der Waals surface area contributed by atoms with Gasteiger partial charge in [0.15, 0.2) is 0 Å². The van der Waals surface area contributed by atoms with Crippen LogP contribution in [0.25, 0.3) is 5.57 Å². The molecular weight excluding hydrogens is 226 g/mol. The topological polar surface area (TPSA) is 53.4 Å². The molecule has 1 rings (SSSR count). The van der Waals surface area contributed by atoms with Gasteiger partial charge in [0.2, 0.25) is 0 Å². The molecule has 0 unspecified atom stereocenters. The van der Waals surface area contributed by atoms with Gasteiger partial charge in [-0.25, -0.2) is 0 Å². The van der Waals surface area contributed by atoms with E-state index in [-0.39, 0.29) is 18.3 Å². The van der Waals surface area contributed by atoms with Crippen molar-refractivity contribution in [1.82, 2.24) is 4.98 Å². The van der Waals surface area contributed by atoms with Crippen LogP contribution in [-0.4, -0.2) is 21.8 Å². The summed E-state index contributed by atoms with van der Waals surface area (Å²) in [6.45, 7) is 10.1. The van der Waals surface area contributed by atoms with E-state index in [0.29, 0.717) is 5.92 Å². The van der Waals surface area contributed by atoms with Crippen molar-refractivity contribution in [3.63, 3.8) is 0 Å². The van der Waals surface area contributed by atoms with E-state index in [0.717, 1.165) is 22.5 Å². The summed E-state index contributed by atoms with van der Waals surface area (Å²) in [6.07, 6.45) is 1.70. The average molecular weight is 249 g/mol. The fourth-order valence-corrected chi connectivity index (χ4v) is 1.82. The van der Waals surface area contributed by atoms with Crippen LogP contribution in [0.3, 0.4) is 0 Å². The Morgan fingerprint density at radius 1 is 1.28 bits per heavy atom. The van der Waals surface area contributed by atoms with Crippen LogP contribution in [0.1, 0.15) is 63.4 Å². The van der Waals surface area contributed by atoms with Crippen molar-refractivity contribution in [2.75, 3.05) is 6.61 Å². The number of rotatable bonds is 4. The van der Waals surface area contributed by atoms with E-state index in [9.17, 15) is 5.11 Å². The largest absolute Gasteiger partial charge is 0.505 e. The highest BCUT2D eigenvalue weighted by Gasteiger charge is 2.16. The number of hydrogen-bond donors (Lipinski definition) is 2. The molecule has 0 saturated heterocycles. The fourth-order valence-electron chi connectivity index (χ4n) is 1.82. The molecule has 0 spiro atoms. The molecule has 0 amide bonds. The minimum absolute atomic E-state index is 0.0262. The predicted octanol–water partition coefficient (Wildman–Crippen LogP) is 3.43. The molecule has 1 aromatic rings. The molecule has 0 atom stereocenters. The lowest BCUT2D eigenvalue weighted by Gasteiger charge is -2.16. The molecule has 3 nitrogen and oxygen atoms in total. The highest BCUT2D eigenvalue weighted by molar-refractivity contribution is 5.70. The summed E-state index contributed by atoms with van der Waals surface area (Å²) >= 11 is 0. The predicted molar refractivity (Wildman–Crippen MR) is 74.8 cm³/mol. The molecule has 18 heavy (non-hydrogen) atoms. The second-order valence-corrected chi connectivity index (χ2v) is 5.21. The lowest BCUT2D eigenvalue weighted by atomic mass is 9.97. The number of hydrogen-bond acceptors (Lipinski definition) is 3. The van der Waals surface area contributed by atoms with Crippen molar-refractivity contribution >= 4 is 5.57 Å². The number of allylic oxidation sites excluding steroid dienone is 1. The van der Waals surface area contributed by atoms with Crippen molar-refractivity contribution in [3.8, 4) is 5.75 Å². The highest BCUT2D eigenvalue weighted by Crippen LogP contribution is 2.33. The Labute approximate surface area is 109 Å². The summed E-state index contributed by atoms with van der Waals surface area (Å²) in [5, 5.41) is 19.2. The first kappa shape index (κ1) is 14.7. The smallest absolute Gasteiger partial charge is 0.144 e. The summed E-state index contributed by atoms with van der Waals surface area (Å²) in [6, 6.07) is 1.91. The van der Waals surface area contributed by atoms with Gasteiger partial charge < -0.3 is 10.2 Å². The monoisotopic (exact) mass is 249 g/mol. The van der Waals surface area contributed by atoms with Crippen LogP contribution < -0.4 is 0 Å². The van der Waals surface area contributed by atoms with Gasteiger partial charge in [0.25, 0.3) is 0 Å². The quantitative estimate of drug-likeness (QED) is 0.859. The SMILES string of the molecule is CC(=CCO)c1cc(C(C)C)nc(C(C)C)c1O. The van der Waals surface area contributed by atoms with Crippen LogP contribution in [0, 0.1) is 0 Å². The van der Waals surface area contributed by atoms with Gasteiger partial charge >= 0.3 is 0 Å². The maximum Gasteiger partial charge on any atom is 0.144 e. The summed E-state index contributed by atoms with van der Waals surface area (Å²) < 4.78 is 0. The molecule has 0 bridgehead atoms. The van der Waals surface area contributed by atoms with Crippen molar-refractivity contribution in [1.29, 1.82) is 0 Å². The molecule has 100 valence electrons. The Hall–Kier alpha value is -1.35. The van der Waals surface area contributed by atoms with Crippen LogP contribution in [0.5, 0.6) is 5.75 Å². The maximum atomic E-state index is 10.3. The van der Waals surface area contributed by atoms with Gasteiger partial charge in [-0.15, -0.1) is 0 Å². The van der Waals surface area contributed by atoms with E-state index in [1.54, 1.807) is 6.08 Å². The van der Waals surface area contributed by atoms with E-state index in [4.69, 9.17) is 5.11 Å². The van der Waals surface area contributed by atoms with Crippen molar-refractivity contribution in [2.24, 2.45) is 0 Å². The van der Waals surface area contributed by atoms with Gasteiger partial charge in [0, 0.05) is 11.3 Å². The summed E-state index contributed by atoms with van der Waals surface area (Å²) in [4.78, 5) is 4.53. The summed E-state index contributed by atoms with van der Waals surface area (Å²) in [5.41, 5.74) is 3.34. The Morgan fingerprint density at radius 3 is 2.33 bits per heavy atom. The zero-order valence-corrected chi connectivity index (χ0v) is 11.9. The van der Waals surface area contributed by atoms with Gasteiger partial charge in [-0.2, -0.15) is 0 Å². The van der Waals surface area contributed by atoms with Crippen LogP contribution in [0.4, 0.5) is 0 Å². The van der Waals surface area contributed by atoms with Crippen LogP contribution in [0.2, 0.25) is 0 Å². The second kappa shape index (κ2) is 6.01. The molecular formula is C15H23NO2. The van der Waals surface area contributed by atoms with Crippen LogP contribution >= 0.6 is 0 Å². The number of aromatic nitrogens is 1. The van der Waals surface area contributed by atoms with Gasteiger partial charge in [0.1, 0.15) is 5.75 Å².